The molecule has 8 N–H and O–H groups in total. The molecule has 0 bridgehead atoms. The molecule has 0 saturated carbocycles. The van der Waals surface area contributed by atoms with Crippen LogP contribution in [0.3, 0.4) is 0 Å². The van der Waals surface area contributed by atoms with Gasteiger partial charge in [-0.25, -0.2) is 45.5 Å². The lowest BCUT2D eigenvalue weighted by Crippen LogP contribution is -3.00. The third kappa shape index (κ3) is 32.5. The fraction of sp³-hybridized carbons (Fsp3) is 0.406. The van der Waals surface area contributed by atoms with E-state index in [4.69, 9.17) is 26.8 Å². The van der Waals surface area contributed by atoms with Crippen molar-refractivity contribution in [1.29, 1.82) is 0 Å². The quantitative estimate of drug-likeness (QED) is 0.0153. The van der Waals surface area contributed by atoms with Crippen molar-refractivity contribution in [3.8, 4) is 0 Å². The largest absolute Gasteiger partial charge is 1.00 e. The number of aliphatic hydroxyl groups excluding tert-OH is 1. The van der Waals surface area contributed by atoms with Gasteiger partial charge in [0.2, 0.25) is 0 Å². The number of thiocarbonyl (C=S) groups is 1. The van der Waals surface area contributed by atoms with Gasteiger partial charge in [0.15, 0.2) is 19.8 Å². The second kappa shape index (κ2) is 43.4. The van der Waals surface area contributed by atoms with Gasteiger partial charge in [0.25, 0.3) is 17.8 Å². The summed E-state index contributed by atoms with van der Waals surface area (Å²) in [6.45, 7) is 14.5. The van der Waals surface area contributed by atoms with Crippen LogP contribution in [0.1, 0.15) is 143 Å². The van der Waals surface area contributed by atoms with Gasteiger partial charge in [0.1, 0.15) is 18.8 Å². The fourth-order valence-electron chi connectivity index (χ4n) is 7.24. The zero-order valence-electron chi connectivity index (χ0n) is 56.4. The first-order valence-corrected chi connectivity index (χ1v) is 29.0. The summed E-state index contributed by atoms with van der Waals surface area (Å²) in [4.78, 5) is 48.5. The number of esters is 3. The van der Waals surface area contributed by atoms with E-state index < -0.39 is 99.2 Å². The van der Waals surface area contributed by atoms with Gasteiger partial charge in [0, 0.05) is 32.6 Å². The van der Waals surface area contributed by atoms with Gasteiger partial charge in [-0.1, -0.05) is 121 Å². The Labute approximate surface area is 569 Å². The number of aliphatic hydroxyl groups is 1. The van der Waals surface area contributed by atoms with Crippen molar-refractivity contribution in [1.82, 2.24) is 5.32 Å². The van der Waals surface area contributed by atoms with Crippen LogP contribution < -0.4 is 39.4 Å². The number of ether oxygens (including phenoxy) is 4. The smallest absolute Gasteiger partial charge is 0.407 e. The molecule has 14 nitrogen and oxygen atoms in total. The van der Waals surface area contributed by atoms with Gasteiger partial charge in [-0.3, -0.25) is 0 Å². The molecule has 0 unspecified atom stereocenters. The molecule has 6 aromatic rings. The molecule has 25 heteroatoms. The number of quaternary nitrogens is 1. The molecule has 0 saturated heterocycles. The van der Waals surface area contributed by atoms with Crippen molar-refractivity contribution in [2.45, 2.75) is 146 Å². The number of halogens is 10. The average Bonchev–Trinajstić information content (AvgIpc) is 0.991. The van der Waals surface area contributed by atoms with Crippen LogP contribution >= 0.6 is 24.6 Å². The molecular weight excluding hydrogens is 1300 g/mol. The number of nitrogens with one attached hydrogen (secondary N) is 4. The molecule has 6 aromatic carbocycles. The Bertz CT molecular complexity index is 3310. The molecular formula is C69H93Cl2F8N5O9S. The third-order valence-electron chi connectivity index (χ3n) is 12.9. The standard InChI is InChI=1S/C23H28F2N2O4.C20H21F2NO2S.C18H20F2N2O2.C4H8F2O.C2H6.2CH4.2ClH/c1-15-9-8-12-18(16(15)2)27-19-11-7-6-10-17(19)20(28)30-14-23(24,25)13-26-21(29)31-22(3,4)5;1-14-7-5-10-17(15(14)2)23-18-9-4-3-8-16(18)19(24)25-13-20(21,22)11-6-12-26;1-12-6-5-9-15(13(12)2)22-16-8-4-3-7-14(16)17(23)24-11-18(19,20)10-21;1-2-4(5,6)3-7;1-2;;;;/h6-12,27H,13-14H2,1-5H3,(H,26,29);3-5,7-10,12,23H,6,11,13H2,1-2H3;3-9,22H,10-11,21H2,1-2H3;7H,2-3H2,1H3;1-2H3;2*1H4;2*1H/i;;;;1D;1T;;;. The van der Waals surface area contributed by atoms with E-state index in [2.05, 4.69) is 33.9 Å². The molecule has 0 atom stereocenters. The van der Waals surface area contributed by atoms with E-state index >= 15 is 0 Å². The Morgan fingerprint density at radius 1 is 0.564 bits per heavy atom. The summed E-state index contributed by atoms with van der Waals surface area (Å²) in [7, 11) is 1.25. The predicted molar refractivity (Wildman–Crippen MR) is 362 cm³/mol. The number of para-hydroxylation sites is 3. The molecule has 524 valence electrons. The lowest BCUT2D eigenvalue weighted by atomic mass is 10.1. The highest BCUT2D eigenvalue weighted by atomic mass is 35.5. The molecule has 0 aromatic heterocycles. The molecule has 0 radical (unpaired) electrons. The molecule has 0 aliphatic carbocycles. The molecule has 0 heterocycles. The molecule has 0 aliphatic rings. The van der Waals surface area contributed by atoms with Crippen LogP contribution in [0, 0.1) is 41.5 Å². The molecule has 6 rings (SSSR count). The van der Waals surface area contributed by atoms with Crippen LogP contribution in [0.4, 0.5) is 74.0 Å². The number of hydrogen-bond donors (Lipinski definition) is 6. The minimum absolute atomic E-state index is 0. The summed E-state index contributed by atoms with van der Waals surface area (Å²) >= 11 is 4.56. The Hall–Kier alpha value is -7.57. The Morgan fingerprint density at radius 3 is 1.16 bits per heavy atom. The van der Waals surface area contributed by atoms with Crippen LogP contribution in [-0.4, -0.2) is 103 Å². The first-order chi connectivity index (χ1) is 43.6. The van der Waals surface area contributed by atoms with E-state index in [1.807, 2.05) is 101 Å². The number of rotatable bonds is 23. The number of carbonyl (C=O) groups excluding carboxylic acids is 4. The Balaban J connectivity index is -0.00000123. The topological polar surface area (TPSA) is 201 Å². The molecule has 0 spiro atoms. The zero-order valence-corrected chi connectivity index (χ0v) is 56.8. The first kappa shape index (κ1) is 86.4. The van der Waals surface area contributed by atoms with E-state index in [-0.39, 0.29) is 61.8 Å². The second-order valence-corrected chi connectivity index (χ2v) is 21.6. The Morgan fingerprint density at radius 2 is 0.872 bits per heavy atom. The van der Waals surface area contributed by atoms with E-state index in [9.17, 15) is 54.3 Å². The maximum absolute atomic E-state index is 14.1. The van der Waals surface area contributed by atoms with Gasteiger partial charge in [-0.05, 0) is 162 Å². The molecule has 0 aliphatic heterocycles. The van der Waals surface area contributed by atoms with Crippen molar-refractivity contribution in [2.24, 2.45) is 0 Å². The van der Waals surface area contributed by atoms with Crippen LogP contribution in [0.5, 0.6) is 0 Å². The zero-order chi connectivity index (χ0) is 70.8. The van der Waals surface area contributed by atoms with Crippen molar-refractivity contribution in [3.05, 3.63) is 177 Å². The fourth-order valence-corrected chi connectivity index (χ4v) is 7.36. The number of carbonyl (C=O) groups is 4. The van der Waals surface area contributed by atoms with Crippen LogP contribution in [0.15, 0.2) is 127 Å². The highest BCUT2D eigenvalue weighted by Gasteiger charge is 2.35. The van der Waals surface area contributed by atoms with Crippen molar-refractivity contribution in [3.63, 3.8) is 0 Å². The lowest BCUT2D eigenvalue weighted by molar-refractivity contribution is -0.408. The minimum Gasteiger partial charge on any atom is -1.00 e. The van der Waals surface area contributed by atoms with Crippen molar-refractivity contribution >= 4 is 88.1 Å². The maximum atomic E-state index is 14.1. The number of alkyl halides is 8. The van der Waals surface area contributed by atoms with Gasteiger partial charge in [-0.15, -0.1) is 12.4 Å². The monoisotopic (exact) mass is 1390 g/mol. The second-order valence-electron chi connectivity index (χ2n) is 21.2. The van der Waals surface area contributed by atoms with E-state index in [0.717, 1.165) is 50.4 Å². The molecule has 0 fully saturated rings. The summed E-state index contributed by atoms with van der Waals surface area (Å²) < 4.78 is 137. The van der Waals surface area contributed by atoms with Gasteiger partial charge >= 0.3 is 29.9 Å². The van der Waals surface area contributed by atoms with Gasteiger partial charge in [0.05, 0.1) is 40.3 Å². The first-order valence-electron chi connectivity index (χ1n) is 30.2. The van der Waals surface area contributed by atoms with Crippen molar-refractivity contribution in [2.75, 3.05) is 55.5 Å². The highest BCUT2D eigenvalue weighted by Crippen LogP contribution is 2.30. The maximum Gasteiger partial charge on any atom is 0.407 e. The predicted octanol–water partition coefficient (Wildman–Crippen LogP) is 14.8. The average molecular weight is 1390 g/mol. The normalized spacial score (nSPS) is 10.9. The summed E-state index contributed by atoms with van der Waals surface area (Å²) in [6, 6.07) is 37.1. The lowest BCUT2D eigenvalue weighted by Gasteiger charge is -2.22. The SMILES string of the molecule is C.CCC(F)(F)CO.Cc1cccc(Nc2ccccc2C(=O)OCC(F)(F)CCC=S)c1C.Cc1cccc(Nc2ccccc2C(=O)OCC(F)(F)CNC(=O)OC(C)(C)C)c1C.Cc1cccc(Nc2ccccc2C(=O)OCC(F)(F)C[NH3+])c1C.Cl.[2H]CC.[3H]C.[Cl-]. The number of aryl methyl sites for hydroxylation is 3. The number of alkyl carbamates (subject to hydrolysis) is 1. The summed E-state index contributed by atoms with van der Waals surface area (Å²) in [5.74, 6) is -15.0. The highest BCUT2D eigenvalue weighted by molar-refractivity contribution is 7.78. The van der Waals surface area contributed by atoms with Gasteiger partial charge in [-0.2, -0.15) is 8.78 Å². The van der Waals surface area contributed by atoms with E-state index in [1.165, 1.54) is 31.8 Å². The van der Waals surface area contributed by atoms with Crippen molar-refractivity contribution < 1.29 is 99.2 Å². The van der Waals surface area contributed by atoms with E-state index in [1.54, 1.807) is 88.4 Å². The summed E-state index contributed by atoms with van der Waals surface area (Å²) in [5.41, 5.74) is 13.2. The third-order valence-corrected chi connectivity index (χ3v) is 13.2. The Kier molecular flexibility index (Phi) is 39.9. The van der Waals surface area contributed by atoms with E-state index in [0.29, 0.717) is 24.0 Å². The summed E-state index contributed by atoms with van der Waals surface area (Å²) in [6.07, 6.45) is -1.61. The minimum atomic E-state index is -3.46. The van der Waals surface area contributed by atoms with Crippen LogP contribution in [0.2, 0.25) is 0 Å². The molecule has 94 heavy (non-hydrogen) atoms. The van der Waals surface area contributed by atoms with Crippen LogP contribution in [0.25, 0.3) is 0 Å². The number of amides is 1. The summed E-state index contributed by atoms with van der Waals surface area (Å²) in [5, 5.41) is 20.6. The van der Waals surface area contributed by atoms with Gasteiger partial charge < -0.3 is 63.5 Å². The number of anilines is 6. The number of benzene rings is 6. The molecule has 1 amide bonds. The number of hydrogen-bond acceptors (Lipinski definition) is 13. The van der Waals surface area contributed by atoms with Crippen LogP contribution in [-0.2, 0) is 18.9 Å².